The number of amides is 4. The highest BCUT2D eigenvalue weighted by Gasteiger charge is 2.54. The van der Waals surface area contributed by atoms with Gasteiger partial charge in [-0.1, -0.05) is 47.7 Å². The fourth-order valence-electron chi connectivity index (χ4n) is 11.0. The van der Waals surface area contributed by atoms with Crippen LogP contribution < -0.4 is 25.6 Å². The van der Waals surface area contributed by atoms with E-state index in [1.807, 2.05) is 110 Å². The maximum atomic E-state index is 13.6. The Bertz CT molecular complexity index is 3270. The highest BCUT2D eigenvalue weighted by molar-refractivity contribution is 7.22. The van der Waals surface area contributed by atoms with Gasteiger partial charge in [0.05, 0.1) is 40.5 Å². The molecule has 17 heteroatoms. The number of carboxylic acid groups (broad SMARTS) is 1. The van der Waals surface area contributed by atoms with Crippen molar-refractivity contribution in [3.8, 4) is 16.9 Å². The first-order valence-electron chi connectivity index (χ1n) is 24.2. The van der Waals surface area contributed by atoms with Crippen LogP contribution in [0.3, 0.4) is 0 Å². The first-order chi connectivity index (χ1) is 34.4. The molecule has 4 N–H and O–H groups in total. The molecule has 4 amide bonds. The van der Waals surface area contributed by atoms with E-state index in [2.05, 4.69) is 30.9 Å². The molecule has 2 atom stereocenters. The van der Waals surface area contributed by atoms with Crippen LogP contribution in [-0.4, -0.2) is 92.1 Å². The number of aromatic carboxylic acids is 1. The molecule has 0 unspecified atom stereocenters. The van der Waals surface area contributed by atoms with Crippen molar-refractivity contribution in [3.05, 3.63) is 125 Å². The summed E-state index contributed by atoms with van der Waals surface area (Å²) in [6.45, 7) is 5.49. The number of likely N-dealkylation sites (tertiary alicyclic amines) is 1. The number of hydrogen-bond donors (Lipinski definition) is 4. The molecule has 16 nitrogen and oxygen atoms in total. The van der Waals surface area contributed by atoms with Crippen LogP contribution in [0.2, 0.25) is 0 Å². The third-order valence-electron chi connectivity index (χ3n) is 15.0. The van der Waals surface area contributed by atoms with Gasteiger partial charge in [0, 0.05) is 48.8 Å². The summed E-state index contributed by atoms with van der Waals surface area (Å²) in [6, 6.07) is 28.5. The van der Waals surface area contributed by atoms with Gasteiger partial charge in [0.15, 0.2) is 10.8 Å². The smallest absolute Gasteiger partial charge is 0.355 e. The van der Waals surface area contributed by atoms with E-state index in [1.54, 1.807) is 4.68 Å². The van der Waals surface area contributed by atoms with Crippen molar-refractivity contribution in [1.82, 2.24) is 30.0 Å². The third-order valence-corrected chi connectivity index (χ3v) is 16.0. The van der Waals surface area contributed by atoms with Gasteiger partial charge in [-0.15, -0.1) is 0 Å². The molecule has 3 aliphatic heterocycles. The molecule has 1 aliphatic carbocycles. The van der Waals surface area contributed by atoms with Crippen molar-refractivity contribution in [2.75, 3.05) is 48.3 Å². The van der Waals surface area contributed by atoms with E-state index in [1.165, 1.54) is 11.3 Å². The molecule has 1 saturated carbocycles. The molecule has 4 aliphatic rings. The Morgan fingerprint density at radius 1 is 0.915 bits per heavy atom. The second-order valence-electron chi connectivity index (χ2n) is 19.3. The van der Waals surface area contributed by atoms with E-state index < -0.39 is 11.9 Å². The van der Waals surface area contributed by atoms with Crippen molar-refractivity contribution in [3.63, 3.8) is 0 Å². The fourth-order valence-corrected chi connectivity index (χ4v) is 11.9. The number of benzene rings is 4. The molecule has 71 heavy (non-hydrogen) atoms. The number of thiazole rings is 1. The molecule has 362 valence electrons. The Balaban J connectivity index is 0.679. The number of rotatable bonds is 13. The molecule has 7 aromatic rings. The number of aryl methyl sites for hydroxylation is 1. The number of ether oxygens (including phenoxy) is 1. The van der Waals surface area contributed by atoms with Gasteiger partial charge < -0.3 is 20.1 Å². The first kappa shape index (κ1) is 45.9. The van der Waals surface area contributed by atoms with Crippen LogP contribution in [0, 0.1) is 18.3 Å². The predicted octanol–water partition coefficient (Wildman–Crippen LogP) is 8.10. The number of carbonyl (C=O) groups is 5. The molecule has 3 fully saturated rings. The van der Waals surface area contributed by atoms with E-state index in [0.29, 0.717) is 84.2 Å². The summed E-state index contributed by atoms with van der Waals surface area (Å²) in [5.74, 6) is -0.760. The second-order valence-corrected chi connectivity index (χ2v) is 20.4. The average molecular weight is 972 g/mol. The van der Waals surface area contributed by atoms with E-state index >= 15 is 0 Å². The van der Waals surface area contributed by atoms with Gasteiger partial charge in [-0.05, 0) is 147 Å². The zero-order valence-electron chi connectivity index (χ0n) is 39.5. The van der Waals surface area contributed by atoms with Gasteiger partial charge in [-0.3, -0.25) is 39.4 Å². The fraction of sp³-hybridized carbons (Fsp3) is 0.333. The Kier molecular flexibility index (Phi) is 12.1. The lowest BCUT2D eigenvalue weighted by Gasteiger charge is -2.32. The summed E-state index contributed by atoms with van der Waals surface area (Å²) in [5.41, 5.74) is 7.75. The van der Waals surface area contributed by atoms with Crippen LogP contribution in [0.5, 0.6) is 5.75 Å². The lowest BCUT2D eigenvalue weighted by atomic mass is 9.90. The van der Waals surface area contributed by atoms with Gasteiger partial charge in [0.25, 0.3) is 5.91 Å². The number of carboxylic acids is 1. The summed E-state index contributed by atoms with van der Waals surface area (Å²) in [6.07, 6.45) is 5.47. The Morgan fingerprint density at radius 2 is 1.75 bits per heavy atom. The molecule has 3 aromatic heterocycles. The Hall–Kier alpha value is -7.50. The Labute approximate surface area is 413 Å². The standard InChI is InChI=1S/C54H53N9O7S/c1-31-35(36-15-17-45(57-49(36)52(68)69)63-23-19-32-7-5-9-37(40(32)29-63)50(66)59-53-56-41-10-3-4-12-44(41)71-53)8-6-11-43(31)70-26-20-33-28-54(33)21-24-62(25-22-54)30-47(65)55-34-13-14-38-42(27-34)61(2)60-48(38)39-16-18-46(64)58-51(39)67/h3-15,17,27,33,39H,16,18-26,28-30H2,1-2H3,(H,55,65)(H,68,69)(H,56,59,66)(H,58,64,67)/t33-,39-/m1/s1. The average Bonchev–Trinajstić information content (AvgIpc) is 3.68. The monoisotopic (exact) mass is 971 g/mol. The molecule has 2 saturated heterocycles. The van der Waals surface area contributed by atoms with Gasteiger partial charge in [-0.2, -0.15) is 5.10 Å². The number of nitrogens with zero attached hydrogens (tertiary/aromatic N) is 6. The number of anilines is 3. The SMILES string of the molecule is Cc1c(OCC[C@@H]2CC23CCN(CC(=O)Nc2ccc4c([C@H]5CCC(=O)NC5=O)nn(C)c4c2)CC3)cccc1-c1ccc(N2CCc3cccc(C(=O)Nc4nc5ccccc5s4)c3C2)nc1C(=O)O. The molecule has 0 bridgehead atoms. The van der Waals surface area contributed by atoms with E-state index in [4.69, 9.17) is 9.72 Å². The minimum Gasteiger partial charge on any atom is -0.493 e. The number of nitrogens with one attached hydrogen (secondary N) is 3. The number of para-hydroxylation sites is 1. The Morgan fingerprint density at radius 3 is 2.56 bits per heavy atom. The molecule has 11 rings (SSSR count). The number of carbonyl (C=O) groups excluding carboxylic acids is 4. The van der Waals surface area contributed by atoms with Gasteiger partial charge in [0.1, 0.15) is 11.6 Å². The number of imide groups is 1. The minimum atomic E-state index is -1.13. The molecule has 0 radical (unpaired) electrons. The predicted molar refractivity (Wildman–Crippen MR) is 271 cm³/mol. The summed E-state index contributed by atoms with van der Waals surface area (Å²) < 4.78 is 9.12. The lowest BCUT2D eigenvalue weighted by molar-refractivity contribution is -0.134. The topological polar surface area (TPSA) is 201 Å². The normalized spacial score (nSPS) is 18.6. The highest BCUT2D eigenvalue weighted by Crippen LogP contribution is 2.61. The third kappa shape index (κ3) is 9.11. The minimum absolute atomic E-state index is 0.0487. The molecule has 6 heterocycles. The van der Waals surface area contributed by atoms with Crippen LogP contribution in [0.1, 0.15) is 87.7 Å². The zero-order valence-corrected chi connectivity index (χ0v) is 40.3. The van der Waals surface area contributed by atoms with E-state index in [-0.39, 0.29) is 41.2 Å². The first-order valence-corrected chi connectivity index (χ1v) is 25.0. The zero-order chi connectivity index (χ0) is 49.0. The maximum absolute atomic E-state index is 13.6. The second kappa shape index (κ2) is 18.7. The molecular weight excluding hydrogens is 919 g/mol. The van der Waals surface area contributed by atoms with Gasteiger partial charge in [0.2, 0.25) is 17.7 Å². The van der Waals surface area contributed by atoms with E-state index in [9.17, 15) is 29.1 Å². The van der Waals surface area contributed by atoms with Crippen LogP contribution in [0.4, 0.5) is 16.6 Å². The van der Waals surface area contributed by atoms with Crippen molar-refractivity contribution < 1.29 is 33.8 Å². The van der Waals surface area contributed by atoms with Crippen molar-refractivity contribution in [1.29, 1.82) is 0 Å². The number of hydrogen-bond acceptors (Lipinski definition) is 12. The summed E-state index contributed by atoms with van der Waals surface area (Å²) in [4.78, 5) is 77.5. The quantitative estimate of drug-likeness (QED) is 0.0811. The largest absolute Gasteiger partial charge is 0.493 e. The number of fused-ring (bicyclic) bond motifs is 3. The van der Waals surface area contributed by atoms with Gasteiger partial charge in [-0.25, -0.2) is 14.8 Å². The van der Waals surface area contributed by atoms with Crippen molar-refractivity contribution in [2.45, 2.75) is 64.3 Å². The summed E-state index contributed by atoms with van der Waals surface area (Å²) in [5, 5.41) is 24.9. The highest BCUT2D eigenvalue weighted by atomic mass is 32.1. The number of aromatic nitrogens is 4. The van der Waals surface area contributed by atoms with E-state index in [0.717, 1.165) is 82.1 Å². The number of piperidine rings is 2. The van der Waals surface area contributed by atoms with Crippen molar-refractivity contribution >= 4 is 78.7 Å². The van der Waals surface area contributed by atoms with Crippen LogP contribution in [0.15, 0.2) is 91.0 Å². The van der Waals surface area contributed by atoms with Crippen LogP contribution in [-0.2, 0) is 34.4 Å². The summed E-state index contributed by atoms with van der Waals surface area (Å²) in [7, 11) is 1.81. The lowest BCUT2D eigenvalue weighted by Crippen LogP contribution is -2.40. The molecular formula is C54H53N9O7S. The molecule has 4 aromatic carbocycles. The van der Waals surface area contributed by atoms with Crippen LogP contribution >= 0.6 is 11.3 Å². The maximum Gasteiger partial charge on any atom is 0.355 e. The molecule has 1 spiro atoms. The summed E-state index contributed by atoms with van der Waals surface area (Å²) >= 11 is 1.43. The van der Waals surface area contributed by atoms with Crippen molar-refractivity contribution in [2.24, 2.45) is 18.4 Å². The van der Waals surface area contributed by atoms with Crippen LogP contribution in [0.25, 0.3) is 32.2 Å². The number of pyridine rings is 1. The van der Waals surface area contributed by atoms with Gasteiger partial charge >= 0.3 is 5.97 Å².